The zero-order valence-electron chi connectivity index (χ0n) is 18.0. The van der Waals surface area contributed by atoms with E-state index in [1.165, 1.54) is 12.0 Å². The number of ether oxygens (including phenoxy) is 1. The summed E-state index contributed by atoms with van der Waals surface area (Å²) in [4.78, 5) is 0. The SMILES string of the molecule is C/C=C/CCc1ccc(-c2ccc(C3CCC(OCCCC)CC3)cc2F)cc1. The average Bonchev–Trinajstić information content (AvgIpc) is 2.75. The molecule has 1 nitrogen and oxygen atoms in total. The Morgan fingerprint density at radius 1 is 1.03 bits per heavy atom. The molecule has 156 valence electrons. The molecule has 0 bridgehead atoms. The van der Waals surface area contributed by atoms with Gasteiger partial charge in [-0.05, 0) is 80.5 Å². The lowest BCUT2D eigenvalue weighted by atomic mass is 9.82. The number of hydrogen-bond donors (Lipinski definition) is 0. The summed E-state index contributed by atoms with van der Waals surface area (Å²) in [5.74, 6) is 0.351. The molecule has 0 heterocycles. The van der Waals surface area contributed by atoms with Crippen molar-refractivity contribution in [3.63, 3.8) is 0 Å². The molecule has 1 saturated carbocycles. The van der Waals surface area contributed by atoms with Crippen LogP contribution in [0, 0.1) is 5.82 Å². The van der Waals surface area contributed by atoms with Crippen molar-refractivity contribution in [2.45, 2.75) is 77.2 Å². The summed E-state index contributed by atoms with van der Waals surface area (Å²) in [7, 11) is 0. The zero-order chi connectivity index (χ0) is 20.5. The highest BCUT2D eigenvalue weighted by Gasteiger charge is 2.23. The van der Waals surface area contributed by atoms with Gasteiger partial charge in [-0.3, -0.25) is 0 Å². The molecule has 0 N–H and O–H groups in total. The Balaban J connectivity index is 1.59. The Morgan fingerprint density at radius 2 is 1.79 bits per heavy atom. The number of benzene rings is 2. The molecule has 2 aromatic rings. The van der Waals surface area contributed by atoms with E-state index in [1.54, 1.807) is 6.07 Å². The van der Waals surface area contributed by atoms with Crippen LogP contribution in [0.4, 0.5) is 4.39 Å². The fourth-order valence-corrected chi connectivity index (χ4v) is 4.24. The summed E-state index contributed by atoms with van der Waals surface area (Å²) >= 11 is 0. The first-order chi connectivity index (χ1) is 14.2. The lowest BCUT2D eigenvalue weighted by Crippen LogP contribution is -2.21. The monoisotopic (exact) mass is 394 g/mol. The molecule has 0 atom stereocenters. The normalized spacial score (nSPS) is 19.7. The maximum atomic E-state index is 14.9. The molecular formula is C27H35FO. The van der Waals surface area contributed by atoms with E-state index in [2.05, 4.69) is 37.3 Å². The molecule has 0 unspecified atom stereocenters. The molecule has 0 saturated heterocycles. The third-order valence-corrected chi connectivity index (χ3v) is 6.09. The predicted octanol–water partition coefficient (Wildman–Crippen LogP) is 7.84. The number of aryl methyl sites for hydroxylation is 1. The predicted molar refractivity (Wildman–Crippen MR) is 121 cm³/mol. The number of hydrogen-bond acceptors (Lipinski definition) is 1. The Morgan fingerprint density at radius 3 is 2.45 bits per heavy atom. The van der Waals surface area contributed by atoms with E-state index in [0.717, 1.165) is 62.7 Å². The van der Waals surface area contributed by atoms with E-state index in [9.17, 15) is 4.39 Å². The van der Waals surface area contributed by atoms with Crippen molar-refractivity contribution >= 4 is 0 Å². The quantitative estimate of drug-likeness (QED) is 0.311. The second kappa shape index (κ2) is 11.3. The summed E-state index contributed by atoms with van der Waals surface area (Å²) < 4.78 is 20.9. The zero-order valence-corrected chi connectivity index (χ0v) is 18.0. The molecule has 3 rings (SSSR count). The van der Waals surface area contributed by atoms with Crippen molar-refractivity contribution in [3.05, 3.63) is 71.6 Å². The van der Waals surface area contributed by atoms with Crippen molar-refractivity contribution in [1.29, 1.82) is 0 Å². The van der Waals surface area contributed by atoms with Crippen molar-refractivity contribution in [3.8, 4) is 11.1 Å². The van der Waals surface area contributed by atoms with E-state index in [1.807, 2.05) is 25.1 Å². The van der Waals surface area contributed by atoms with Crippen LogP contribution in [0.1, 0.15) is 75.8 Å². The molecule has 1 aliphatic carbocycles. The maximum Gasteiger partial charge on any atom is 0.131 e. The summed E-state index contributed by atoms with van der Waals surface area (Å²) in [6.07, 6.45) is 13.4. The topological polar surface area (TPSA) is 9.23 Å². The third kappa shape index (κ3) is 6.27. The van der Waals surface area contributed by atoms with Crippen LogP contribution >= 0.6 is 0 Å². The van der Waals surface area contributed by atoms with Crippen LogP contribution in [-0.2, 0) is 11.2 Å². The first kappa shape index (κ1) is 21.8. The van der Waals surface area contributed by atoms with Gasteiger partial charge in [0.25, 0.3) is 0 Å². The lowest BCUT2D eigenvalue weighted by molar-refractivity contribution is 0.0232. The standard InChI is InChI=1S/C27H35FO/c1-3-5-7-8-21-9-11-23(12-10-21)26-18-15-24(20-27(26)28)22-13-16-25(17-14-22)29-19-6-4-2/h3,5,9-12,15,18,20,22,25H,4,6-8,13-14,16-17,19H2,1-2H3/b5-3+. The van der Waals surface area contributed by atoms with Gasteiger partial charge in [0.05, 0.1) is 6.10 Å². The highest BCUT2D eigenvalue weighted by molar-refractivity contribution is 5.65. The molecule has 2 heteroatoms. The summed E-state index contributed by atoms with van der Waals surface area (Å²) in [6, 6.07) is 14.2. The fourth-order valence-electron chi connectivity index (χ4n) is 4.24. The molecule has 1 fully saturated rings. The minimum absolute atomic E-state index is 0.106. The summed E-state index contributed by atoms with van der Waals surface area (Å²) in [5.41, 5.74) is 4.09. The fraction of sp³-hybridized carbons (Fsp3) is 0.481. The molecule has 0 aromatic heterocycles. The van der Waals surface area contributed by atoms with Gasteiger partial charge in [0.2, 0.25) is 0 Å². The van der Waals surface area contributed by atoms with E-state index in [4.69, 9.17) is 4.74 Å². The second-order valence-electron chi connectivity index (χ2n) is 8.24. The molecule has 1 aliphatic rings. The summed E-state index contributed by atoms with van der Waals surface area (Å²) in [5, 5.41) is 0. The highest BCUT2D eigenvalue weighted by atomic mass is 19.1. The van der Waals surface area contributed by atoms with Crippen LogP contribution in [0.2, 0.25) is 0 Å². The van der Waals surface area contributed by atoms with Crippen LogP contribution < -0.4 is 0 Å². The number of allylic oxidation sites excluding steroid dienone is 2. The van der Waals surface area contributed by atoms with Gasteiger partial charge < -0.3 is 4.74 Å². The van der Waals surface area contributed by atoms with Crippen LogP contribution in [0.25, 0.3) is 11.1 Å². The minimum Gasteiger partial charge on any atom is -0.378 e. The average molecular weight is 395 g/mol. The van der Waals surface area contributed by atoms with Crippen LogP contribution in [0.3, 0.4) is 0 Å². The minimum atomic E-state index is -0.106. The lowest BCUT2D eigenvalue weighted by Gasteiger charge is -2.29. The maximum absolute atomic E-state index is 14.9. The molecule has 29 heavy (non-hydrogen) atoms. The highest BCUT2D eigenvalue weighted by Crippen LogP contribution is 2.36. The van der Waals surface area contributed by atoms with Crippen LogP contribution in [0.15, 0.2) is 54.6 Å². The number of unbranched alkanes of at least 4 members (excludes halogenated alkanes) is 1. The molecule has 0 spiro atoms. The van der Waals surface area contributed by atoms with E-state index in [0.29, 0.717) is 17.6 Å². The van der Waals surface area contributed by atoms with E-state index >= 15 is 0 Å². The molecule has 0 amide bonds. The van der Waals surface area contributed by atoms with Crippen LogP contribution in [-0.4, -0.2) is 12.7 Å². The van der Waals surface area contributed by atoms with Gasteiger partial charge >= 0.3 is 0 Å². The van der Waals surface area contributed by atoms with Crippen LogP contribution in [0.5, 0.6) is 0 Å². The van der Waals surface area contributed by atoms with Crippen molar-refractivity contribution in [2.75, 3.05) is 6.61 Å². The van der Waals surface area contributed by atoms with Crippen molar-refractivity contribution in [2.24, 2.45) is 0 Å². The van der Waals surface area contributed by atoms with Gasteiger partial charge in [-0.1, -0.05) is 61.9 Å². The van der Waals surface area contributed by atoms with E-state index < -0.39 is 0 Å². The molecule has 0 radical (unpaired) electrons. The third-order valence-electron chi connectivity index (χ3n) is 6.09. The number of halogens is 1. The van der Waals surface area contributed by atoms with Gasteiger partial charge in [0.1, 0.15) is 5.82 Å². The van der Waals surface area contributed by atoms with E-state index in [-0.39, 0.29) is 5.82 Å². The van der Waals surface area contributed by atoms with Gasteiger partial charge in [-0.25, -0.2) is 4.39 Å². The van der Waals surface area contributed by atoms with Gasteiger partial charge in [0, 0.05) is 12.2 Å². The Bertz CT molecular complexity index is 770. The second-order valence-corrected chi connectivity index (χ2v) is 8.24. The number of rotatable bonds is 9. The van der Waals surface area contributed by atoms with Crippen molar-refractivity contribution in [1.82, 2.24) is 0 Å². The first-order valence-corrected chi connectivity index (χ1v) is 11.3. The van der Waals surface area contributed by atoms with Crippen molar-refractivity contribution < 1.29 is 9.13 Å². The molecule has 2 aromatic carbocycles. The Kier molecular flexibility index (Phi) is 8.49. The first-order valence-electron chi connectivity index (χ1n) is 11.3. The van der Waals surface area contributed by atoms with Gasteiger partial charge in [-0.2, -0.15) is 0 Å². The molecular weight excluding hydrogens is 359 g/mol. The van der Waals surface area contributed by atoms with Gasteiger partial charge in [0.15, 0.2) is 0 Å². The Hall–Kier alpha value is -1.93. The summed E-state index contributed by atoms with van der Waals surface area (Å²) in [6.45, 7) is 5.11. The Labute approximate surface area is 176 Å². The molecule has 0 aliphatic heterocycles. The smallest absolute Gasteiger partial charge is 0.131 e. The largest absolute Gasteiger partial charge is 0.378 e. The van der Waals surface area contributed by atoms with Gasteiger partial charge in [-0.15, -0.1) is 0 Å².